The average molecular weight is 263 g/mol. The van der Waals surface area contributed by atoms with Crippen LogP contribution in [0.5, 0.6) is 5.75 Å². The summed E-state index contributed by atoms with van der Waals surface area (Å²) in [5.41, 5.74) is 0.985. The largest absolute Gasteiger partial charge is 0.461 e. The van der Waals surface area contributed by atoms with Gasteiger partial charge in [-0.05, 0) is 25.1 Å². The highest BCUT2D eigenvalue weighted by Gasteiger charge is 2.12. The first kappa shape index (κ1) is 12.9. The summed E-state index contributed by atoms with van der Waals surface area (Å²) in [6.45, 7) is 2.53. The molecule has 3 heteroatoms. The van der Waals surface area contributed by atoms with Gasteiger partial charge in [0.05, 0.1) is 0 Å². The molecule has 2 aromatic rings. The highest BCUT2D eigenvalue weighted by atomic mass is 35.5. The minimum absolute atomic E-state index is 0.408. The second kappa shape index (κ2) is 6.43. The van der Waals surface area contributed by atoms with Crippen LogP contribution in [0, 0.1) is 0 Å². The zero-order chi connectivity index (χ0) is 12.8. The Kier molecular flexibility index (Phi) is 4.62. The lowest BCUT2D eigenvalue weighted by Gasteiger charge is -2.19. The summed E-state index contributed by atoms with van der Waals surface area (Å²) < 4.78 is 11.4. The van der Waals surface area contributed by atoms with Gasteiger partial charge in [-0.1, -0.05) is 48.0 Å². The molecule has 2 rings (SSSR count). The highest BCUT2D eigenvalue weighted by molar-refractivity contribution is 6.30. The van der Waals surface area contributed by atoms with Gasteiger partial charge in [0, 0.05) is 17.2 Å². The van der Waals surface area contributed by atoms with E-state index in [1.165, 1.54) is 0 Å². The van der Waals surface area contributed by atoms with E-state index < -0.39 is 6.29 Å². The van der Waals surface area contributed by atoms with E-state index >= 15 is 0 Å². The second-order valence-electron chi connectivity index (χ2n) is 3.77. The molecule has 0 heterocycles. The Bertz CT molecular complexity index is 485. The molecular formula is C15H15ClO2. The quantitative estimate of drug-likeness (QED) is 0.741. The van der Waals surface area contributed by atoms with Crippen molar-refractivity contribution < 1.29 is 9.47 Å². The average Bonchev–Trinajstić information content (AvgIpc) is 2.39. The van der Waals surface area contributed by atoms with E-state index in [1.807, 2.05) is 55.5 Å². The van der Waals surface area contributed by atoms with Crippen molar-refractivity contribution in [1.82, 2.24) is 0 Å². The van der Waals surface area contributed by atoms with E-state index in [0.29, 0.717) is 17.4 Å². The Balaban J connectivity index is 2.16. The van der Waals surface area contributed by atoms with Gasteiger partial charge in [-0.2, -0.15) is 0 Å². The summed E-state index contributed by atoms with van der Waals surface area (Å²) >= 11 is 5.93. The number of ether oxygens (including phenoxy) is 2. The molecule has 0 N–H and O–H groups in total. The zero-order valence-electron chi connectivity index (χ0n) is 10.2. The maximum Gasteiger partial charge on any atom is 0.226 e. The lowest BCUT2D eigenvalue weighted by Crippen LogP contribution is -2.11. The summed E-state index contributed by atoms with van der Waals surface area (Å²) in [6.07, 6.45) is -0.408. The molecule has 2 nitrogen and oxygen atoms in total. The van der Waals surface area contributed by atoms with Gasteiger partial charge in [0.1, 0.15) is 5.75 Å². The molecule has 0 bridgehead atoms. The van der Waals surface area contributed by atoms with Crippen molar-refractivity contribution in [1.29, 1.82) is 0 Å². The lowest BCUT2D eigenvalue weighted by atomic mass is 10.2. The van der Waals surface area contributed by atoms with Crippen LogP contribution >= 0.6 is 11.6 Å². The Labute approximate surface area is 112 Å². The van der Waals surface area contributed by atoms with Crippen LogP contribution in [-0.2, 0) is 4.74 Å². The van der Waals surface area contributed by atoms with Crippen LogP contribution in [0.15, 0.2) is 54.6 Å². The third-order valence-corrected chi connectivity index (χ3v) is 2.66. The zero-order valence-corrected chi connectivity index (χ0v) is 10.9. The van der Waals surface area contributed by atoms with E-state index in [2.05, 4.69) is 0 Å². The molecule has 0 aliphatic rings. The third-order valence-electron chi connectivity index (χ3n) is 2.43. The van der Waals surface area contributed by atoms with Crippen molar-refractivity contribution in [2.45, 2.75) is 13.2 Å². The predicted octanol–water partition coefficient (Wildman–Crippen LogP) is 4.45. The molecule has 0 aromatic heterocycles. The molecule has 1 unspecified atom stereocenters. The Morgan fingerprint density at radius 1 is 1.06 bits per heavy atom. The molecule has 0 aliphatic heterocycles. The van der Waals surface area contributed by atoms with E-state index in [9.17, 15) is 0 Å². The molecule has 0 amide bonds. The second-order valence-corrected chi connectivity index (χ2v) is 4.21. The molecule has 0 fully saturated rings. The predicted molar refractivity (Wildman–Crippen MR) is 72.9 cm³/mol. The van der Waals surface area contributed by atoms with Crippen LogP contribution in [0.4, 0.5) is 0 Å². The van der Waals surface area contributed by atoms with Gasteiger partial charge in [0.2, 0.25) is 6.29 Å². The molecule has 94 valence electrons. The number of benzene rings is 2. The lowest BCUT2D eigenvalue weighted by molar-refractivity contribution is -0.0786. The summed E-state index contributed by atoms with van der Waals surface area (Å²) in [6, 6.07) is 17.1. The molecule has 0 spiro atoms. The van der Waals surface area contributed by atoms with Gasteiger partial charge < -0.3 is 9.47 Å². The molecule has 0 aliphatic carbocycles. The maximum atomic E-state index is 5.93. The molecule has 0 radical (unpaired) electrons. The highest BCUT2D eigenvalue weighted by Crippen LogP contribution is 2.25. The smallest absolute Gasteiger partial charge is 0.226 e. The van der Waals surface area contributed by atoms with Crippen LogP contribution in [-0.4, -0.2) is 6.61 Å². The van der Waals surface area contributed by atoms with Crippen LogP contribution < -0.4 is 4.74 Å². The van der Waals surface area contributed by atoms with Crippen molar-refractivity contribution in [3.05, 3.63) is 65.2 Å². The minimum Gasteiger partial charge on any atom is -0.461 e. The molecule has 0 saturated heterocycles. The van der Waals surface area contributed by atoms with Gasteiger partial charge in [0.25, 0.3) is 0 Å². The first-order chi connectivity index (χ1) is 8.79. The number of hydrogen-bond acceptors (Lipinski definition) is 2. The van der Waals surface area contributed by atoms with Crippen molar-refractivity contribution in [2.75, 3.05) is 6.61 Å². The minimum atomic E-state index is -0.408. The van der Waals surface area contributed by atoms with E-state index in [4.69, 9.17) is 21.1 Å². The molecule has 0 saturated carbocycles. The van der Waals surface area contributed by atoms with Gasteiger partial charge in [-0.15, -0.1) is 0 Å². The summed E-state index contributed by atoms with van der Waals surface area (Å²) in [5.74, 6) is 0.699. The fourth-order valence-corrected chi connectivity index (χ4v) is 1.80. The van der Waals surface area contributed by atoms with Crippen LogP contribution in [0.1, 0.15) is 18.8 Å². The van der Waals surface area contributed by atoms with E-state index in [0.717, 1.165) is 5.56 Å². The fraction of sp³-hybridized carbons (Fsp3) is 0.200. The molecule has 18 heavy (non-hydrogen) atoms. The van der Waals surface area contributed by atoms with Gasteiger partial charge in [0.15, 0.2) is 0 Å². The third kappa shape index (κ3) is 3.49. The van der Waals surface area contributed by atoms with Crippen molar-refractivity contribution in [3.8, 4) is 5.75 Å². The van der Waals surface area contributed by atoms with Gasteiger partial charge in [-0.3, -0.25) is 0 Å². The first-order valence-corrected chi connectivity index (χ1v) is 6.26. The van der Waals surface area contributed by atoms with E-state index in [1.54, 1.807) is 6.07 Å². The number of hydrogen-bond donors (Lipinski definition) is 0. The number of rotatable bonds is 5. The molecule has 1 atom stereocenters. The van der Waals surface area contributed by atoms with Crippen molar-refractivity contribution in [3.63, 3.8) is 0 Å². The maximum absolute atomic E-state index is 5.93. The van der Waals surface area contributed by atoms with Crippen LogP contribution in [0.3, 0.4) is 0 Å². The Hall–Kier alpha value is -1.51. The van der Waals surface area contributed by atoms with Crippen molar-refractivity contribution >= 4 is 11.6 Å². The normalized spacial score (nSPS) is 12.1. The topological polar surface area (TPSA) is 18.5 Å². The monoisotopic (exact) mass is 262 g/mol. The van der Waals surface area contributed by atoms with Crippen LogP contribution in [0.25, 0.3) is 0 Å². The summed E-state index contributed by atoms with van der Waals surface area (Å²) in [4.78, 5) is 0. The van der Waals surface area contributed by atoms with Crippen molar-refractivity contribution in [2.24, 2.45) is 0 Å². The van der Waals surface area contributed by atoms with E-state index in [-0.39, 0.29) is 0 Å². The number of halogens is 1. The first-order valence-electron chi connectivity index (χ1n) is 5.88. The standard InChI is InChI=1S/C15H15ClO2/c1-2-17-15(12-7-4-3-5-8-12)18-14-10-6-9-13(16)11-14/h3-11,15H,2H2,1H3. The van der Waals surface area contributed by atoms with Crippen LogP contribution in [0.2, 0.25) is 5.02 Å². The van der Waals surface area contributed by atoms with Gasteiger partial charge in [-0.25, -0.2) is 0 Å². The Morgan fingerprint density at radius 3 is 2.50 bits per heavy atom. The molecule has 2 aromatic carbocycles. The summed E-state index contributed by atoms with van der Waals surface area (Å²) in [5, 5.41) is 0.649. The summed E-state index contributed by atoms with van der Waals surface area (Å²) in [7, 11) is 0. The Morgan fingerprint density at radius 2 is 1.83 bits per heavy atom. The SMILES string of the molecule is CCOC(Oc1cccc(Cl)c1)c1ccccc1. The fourth-order valence-electron chi connectivity index (χ4n) is 1.62. The van der Waals surface area contributed by atoms with Gasteiger partial charge >= 0.3 is 0 Å². The molecular weight excluding hydrogens is 248 g/mol.